The van der Waals surface area contributed by atoms with E-state index in [0.717, 1.165) is 17.9 Å². The SMILES string of the molecule is CNC(=[O+]n1nnc2c1N(C)C=CC2)N(C)C. The van der Waals surface area contributed by atoms with Crippen molar-refractivity contribution in [1.82, 2.24) is 25.4 Å². The number of urea groups is 1. The third kappa shape index (κ3) is 2.08. The molecule has 0 unspecified atom stereocenters. The summed E-state index contributed by atoms with van der Waals surface area (Å²) in [7, 11) is 7.51. The number of hydrogen-bond donors (Lipinski definition) is 1. The van der Waals surface area contributed by atoms with Gasteiger partial charge >= 0.3 is 6.03 Å². The molecule has 0 aromatic carbocycles. The number of allylic oxidation sites excluding steroid dienone is 1. The predicted octanol–water partition coefficient (Wildman–Crippen LogP) is -0.0161. The first-order valence-corrected chi connectivity index (χ1v) is 5.38. The Morgan fingerprint density at radius 2 is 2.29 bits per heavy atom. The summed E-state index contributed by atoms with van der Waals surface area (Å²) in [6.45, 7) is 0. The molecule has 7 nitrogen and oxygen atoms in total. The van der Waals surface area contributed by atoms with Crippen molar-refractivity contribution in [3.63, 3.8) is 0 Å². The van der Waals surface area contributed by atoms with Crippen LogP contribution in [0.3, 0.4) is 0 Å². The number of nitrogens with zero attached hydrogens (tertiary/aromatic N) is 5. The van der Waals surface area contributed by atoms with E-state index in [1.54, 1.807) is 7.05 Å². The molecule has 1 aromatic heterocycles. The molecule has 0 saturated heterocycles. The van der Waals surface area contributed by atoms with Gasteiger partial charge in [0.1, 0.15) is 10.5 Å². The van der Waals surface area contributed by atoms with Gasteiger partial charge in [-0.05, 0) is 4.53 Å². The Morgan fingerprint density at radius 1 is 1.53 bits per heavy atom. The van der Waals surface area contributed by atoms with E-state index in [0.29, 0.717) is 6.03 Å². The molecule has 2 rings (SSSR count). The highest BCUT2D eigenvalue weighted by Gasteiger charge is 2.26. The van der Waals surface area contributed by atoms with Crippen molar-refractivity contribution in [3.05, 3.63) is 18.0 Å². The fraction of sp³-hybridized carbons (Fsp3) is 0.500. The maximum absolute atomic E-state index is 5.63. The van der Waals surface area contributed by atoms with Crippen LogP contribution >= 0.6 is 0 Å². The Bertz CT molecular complexity index is 461. The number of fused-ring (bicyclic) bond motifs is 1. The Labute approximate surface area is 100.0 Å². The van der Waals surface area contributed by atoms with Crippen LogP contribution in [-0.2, 0) is 6.42 Å². The Balaban J connectivity index is 2.39. The summed E-state index contributed by atoms with van der Waals surface area (Å²) in [6.07, 6.45) is 4.79. The first-order valence-electron chi connectivity index (χ1n) is 5.38. The maximum atomic E-state index is 5.63. The van der Waals surface area contributed by atoms with Gasteiger partial charge in [-0.3, -0.25) is 10.2 Å². The zero-order valence-electron chi connectivity index (χ0n) is 10.5. The lowest BCUT2D eigenvalue weighted by Crippen LogP contribution is -2.33. The summed E-state index contributed by atoms with van der Waals surface area (Å²) in [5.74, 6) is 0.849. The van der Waals surface area contributed by atoms with Gasteiger partial charge < -0.3 is 4.90 Å². The summed E-state index contributed by atoms with van der Waals surface area (Å²) in [5.41, 5.74) is 0.907. The maximum Gasteiger partial charge on any atom is 0.552 e. The molecule has 0 bridgehead atoms. The highest BCUT2D eigenvalue weighted by molar-refractivity contribution is 5.73. The van der Waals surface area contributed by atoms with E-state index >= 15 is 0 Å². The lowest BCUT2D eigenvalue weighted by Gasteiger charge is -2.14. The van der Waals surface area contributed by atoms with Crippen molar-refractivity contribution in [1.29, 1.82) is 0 Å². The Hall–Kier alpha value is -2.05. The van der Waals surface area contributed by atoms with Crippen LogP contribution in [0.4, 0.5) is 10.3 Å². The Morgan fingerprint density at radius 3 is 2.94 bits per heavy atom. The van der Waals surface area contributed by atoms with Gasteiger partial charge in [0.2, 0.25) is 0 Å². The van der Waals surface area contributed by atoms with Crippen LogP contribution in [0.1, 0.15) is 5.69 Å². The van der Waals surface area contributed by atoms with Crippen LogP contribution in [0, 0.1) is 0 Å². The number of nitrogens with one attached hydrogen (secondary N) is 1. The summed E-state index contributed by atoms with van der Waals surface area (Å²) in [6, 6.07) is 0.598. The predicted molar refractivity (Wildman–Crippen MR) is 64.8 cm³/mol. The molecule has 1 N–H and O–H groups in total. The van der Waals surface area contributed by atoms with Crippen LogP contribution < -0.4 is 10.2 Å². The molecule has 1 aliphatic heterocycles. The minimum atomic E-state index is 0.598. The summed E-state index contributed by atoms with van der Waals surface area (Å²) < 4.78 is 5.63. The summed E-state index contributed by atoms with van der Waals surface area (Å²) >= 11 is 0. The van der Waals surface area contributed by atoms with Gasteiger partial charge in [-0.1, -0.05) is 6.08 Å². The quantitative estimate of drug-likeness (QED) is 0.698. The number of amides is 2. The minimum absolute atomic E-state index is 0.598. The van der Waals surface area contributed by atoms with Gasteiger partial charge in [0, 0.05) is 46.0 Å². The van der Waals surface area contributed by atoms with E-state index < -0.39 is 0 Å². The molecule has 0 atom stereocenters. The van der Waals surface area contributed by atoms with Crippen LogP contribution in [0.25, 0.3) is 0 Å². The second-order valence-corrected chi connectivity index (χ2v) is 3.97. The van der Waals surface area contributed by atoms with Crippen LogP contribution in [-0.4, -0.2) is 54.3 Å². The van der Waals surface area contributed by atoms with Gasteiger partial charge in [0.05, 0.1) is 0 Å². The number of carbonyl (C=O) groups excluding carboxylic acids is 1. The first-order chi connectivity index (χ1) is 8.13. The zero-order chi connectivity index (χ0) is 12.4. The van der Waals surface area contributed by atoms with Gasteiger partial charge in [-0.25, -0.2) is 0 Å². The molecule has 0 spiro atoms. The van der Waals surface area contributed by atoms with Crippen molar-refractivity contribution in [2.24, 2.45) is 0 Å². The molecule has 1 aliphatic rings. The zero-order valence-corrected chi connectivity index (χ0v) is 10.5. The van der Waals surface area contributed by atoms with E-state index in [-0.39, 0.29) is 0 Å². The second kappa shape index (κ2) is 4.44. The molecule has 2 amide bonds. The number of anilines is 1. The third-order valence-corrected chi connectivity index (χ3v) is 2.45. The number of rotatable bonds is 1. The largest absolute Gasteiger partial charge is 0.552 e. The second-order valence-electron chi connectivity index (χ2n) is 3.97. The van der Waals surface area contributed by atoms with Crippen molar-refractivity contribution in [2.75, 3.05) is 33.1 Å². The molecule has 7 heteroatoms. The van der Waals surface area contributed by atoms with E-state index in [2.05, 4.69) is 15.6 Å². The molecular weight excluding hydrogens is 220 g/mol. The van der Waals surface area contributed by atoms with Gasteiger partial charge in [-0.15, -0.1) is 5.10 Å². The van der Waals surface area contributed by atoms with Crippen LogP contribution in [0.15, 0.2) is 12.3 Å². The molecule has 0 saturated carbocycles. The molecular formula is C10H17N6O+. The summed E-state index contributed by atoms with van der Waals surface area (Å²) in [5, 5.41) is 11.0. The standard InChI is InChI=1S/C10H17N6O/c1-11-10(14(2)3)17-16-9-8(12-13-16)6-5-7-15(9)4/h5,7,11H,6H2,1-4H3/q+1. The smallest absolute Gasteiger partial charge is 0.328 e. The van der Waals surface area contributed by atoms with Gasteiger partial charge in [0.15, 0.2) is 0 Å². The van der Waals surface area contributed by atoms with Crippen molar-refractivity contribution >= 4 is 11.8 Å². The molecule has 0 aliphatic carbocycles. The van der Waals surface area contributed by atoms with Crippen molar-refractivity contribution < 1.29 is 4.53 Å². The number of aromatic nitrogens is 3. The lowest BCUT2D eigenvalue weighted by atomic mass is 10.2. The molecule has 2 heterocycles. The lowest BCUT2D eigenvalue weighted by molar-refractivity contribution is -0.242. The topological polar surface area (TPSA) is 60.5 Å². The van der Waals surface area contributed by atoms with E-state index in [4.69, 9.17) is 4.53 Å². The first kappa shape index (κ1) is 11.4. The molecule has 0 fully saturated rings. The average Bonchev–Trinajstić information content (AvgIpc) is 2.70. The number of hydrogen-bond acceptors (Lipinski definition) is 3. The van der Waals surface area contributed by atoms with Crippen LogP contribution in [0.2, 0.25) is 0 Å². The Kier molecular flexibility index (Phi) is 2.99. The highest BCUT2D eigenvalue weighted by atomic mass is 16.6. The van der Waals surface area contributed by atoms with Gasteiger partial charge in [0.25, 0.3) is 5.82 Å². The molecule has 92 valence electrons. The van der Waals surface area contributed by atoms with Crippen LogP contribution in [0.5, 0.6) is 0 Å². The molecule has 17 heavy (non-hydrogen) atoms. The third-order valence-electron chi connectivity index (χ3n) is 2.45. The fourth-order valence-corrected chi connectivity index (χ4v) is 1.65. The molecule has 0 radical (unpaired) electrons. The minimum Gasteiger partial charge on any atom is -0.328 e. The highest BCUT2D eigenvalue weighted by Crippen LogP contribution is 2.23. The monoisotopic (exact) mass is 237 g/mol. The summed E-state index contributed by atoms with van der Waals surface area (Å²) in [4.78, 5) is 5.18. The van der Waals surface area contributed by atoms with Crippen molar-refractivity contribution in [2.45, 2.75) is 6.42 Å². The van der Waals surface area contributed by atoms with E-state index in [1.165, 1.54) is 4.85 Å². The van der Waals surface area contributed by atoms with Crippen molar-refractivity contribution in [3.8, 4) is 0 Å². The molecule has 1 aromatic rings. The average molecular weight is 237 g/mol. The van der Waals surface area contributed by atoms with E-state index in [1.807, 2.05) is 43.2 Å². The fourth-order valence-electron chi connectivity index (χ4n) is 1.65. The normalized spacial score (nSPS) is 14.8. The van der Waals surface area contributed by atoms with E-state index in [9.17, 15) is 0 Å². The van der Waals surface area contributed by atoms with Gasteiger partial charge in [-0.2, -0.15) is 0 Å².